The van der Waals surface area contributed by atoms with Crippen molar-refractivity contribution in [1.29, 1.82) is 0 Å². The first-order valence-electron chi connectivity index (χ1n) is 6.47. The summed E-state index contributed by atoms with van der Waals surface area (Å²) in [6.45, 7) is 0. The fraction of sp³-hybridized carbons (Fsp3) is 0. The Morgan fingerprint density at radius 2 is 0.741 bits per heavy atom. The van der Waals surface area contributed by atoms with Crippen molar-refractivity contribution >= 4 is 46.7 Å². The molecule has 3 heterocycles. The predicted molar refractivity (Wildman–Crippen MR) is 104 cm³/mol. The van der Waals surface area contributed by atoms with Crippen molar-refractivity contribution in [3.05, 3.63) is 101 Å². The van der Waals surface area contributed by atoms with Crippen molar-refractivity contribution in [3.8, 4) is 0 Å². The first-order chi connectivity index (χ1) is 11.4. The molecule has 0 fully saturated rings. The maximum absolute atomic E-state index is 10.5. The fourth-order valence-electron chi connectivity index (χ4n) is 1.24. The van der Waals surface area contributed by atoms with Crippen LogP contribution in [0.3, 0.4) is 0 Å². The average molecular weight is 696 g/mol. The molecule has 0 aromatic carbocycles. The Morgan fingerprint density at radius 1 is 0.519 bits per heavy atom. The van der Waals surface area contributed by atoms with E-state index in [1.54, 1.807) is 54.6 Å². The van der Waals surface area contributed by atoms with Crippen LogP contribution in [-0.4, -0.2) is 71.9 Å². The number of hydrogen-bond donors (Lipinski definition) is 0. The normalized spacial score (nSPS) is 8.00. The van der Waals surface area contributed by atoms with Crippen LogP contribution in [0.2, 0.25) is 0 Å². The molecule has 0 spiro atoms. The molecule has 142 valence electrons. The molecule has 0 saturated heterocycles. The number of nitrogens with zero attached hydrogens (tertiary/aromatic N) is 3. The zero-order valence-corrected chi connectivity index (χ0v) is 22.6. The van der Waals surface area contributed by atoms with E-state index in [9.17, 15) is 15.6 Å². The predicted octanol–water partition coefficient (Wildman–Crippen LogP) is -0.0459. The van der Waals surface area contributed by atoms with Gasteiger partial charge in [0.1, 0.15) is 0 Å². The second-order valence-electron chi connectivity index (χ2n) is 4.09. The van der Waals surface area contributed by atoms with E-state index in [2.05, 4.69) is 46.7 Å². The van der Waals surface area contributed by atoms with Gasteiger partial charge in [-0.2, -0.15) is 0 Å². The molecule has 0 aliphatic rings. The van der Waals surface area contributed by atoms with Gasteiger partial charge < -0.3 is 11.0 Å². The van der Waals surface area contributed by atoms with Crippen LogP contribution in [0, 0.1) is 69.5 Å². The zero-order valence-electron chi connectivity index (χ0n) is 13.8. The van der Waals surface area contributed by atoms with Crippen LogP contribution in [0.15, 0.2) is 73.2 Å². The molecule has 0 radical (unpaired) electrons. The fourth-order valence-corrected chi connectivity index (χ4v) is 2.12. The summed E-state index contributed by atoms with van der Waals surface area (Å²) in [4.78, 5) is 0. The van der Waals surface area contributed by atoms with E-state index in [1.165, 1.54) is 18.6 Å². The van der Waals surface area contributed by atoms with Gasteiger partial charge >= 0.3 is 204 Å². The Labute approximate surface area is 212 Å². The molecule has 0 atom stereocenters. The molecule has 3 rings (SSSR count). The molecule has 0 aliphatic carbocycles. The average Bonchev–Trinajstić information content (AvgIpc) is 2.57. The van der Waals surface area contributed by atoms with E-state index < -0.39 is 0 Å². The molecule has 0 amide bonds. The van der Waals surface area contributed by atoms with Gasteiger partial charge in [-0.05, 0) is 0 Å². The van der Waals surface area contributed by atoms with Gasteiger partial charge in [0, 0.05) is 0 Å². The number of rotatable bonds is 0. The third kappa shape index (κ3) is 13.5. The minimum atomic E-state index is 0. The monoisotopic (exact) mass is 699 g/mol. The molecule has 12 heteroatoms. The summed E-state index contributed by atoms with van der Waals surface area (Å²) in [5.74, 6) is 0. The molecule has 0 unspecified atom stereocenters. The molecule has 3 aromatic rings. The van der Waals surface area contributed by atoms with E-state index in [-0.39, 0.29) is 52.2 Å². The van der Waals surface area contributed by atoms with Crippen molar-refractivity contribution in [2.24, 2.45) is 0 Å². The van der Waals surface area contributed by atoms with Gasteiger partial charge in [-0.1, -0.05) is 0 Å². The molecule has 3 aromatic heterocycles. The molecule has 0 saturated carbocycles. The third-order valence-electron chi connectivity index (χ3n) is 2.37. The van der Waals surface area contributed by atoms with Crippen LogP contribution in [-0.2, 0) is 0 Å². The van der Waals surface area contributed by atoms with Crippen LogP contribution < -0.4 is 0 Å². The molecule has 4 N–H and O–H groups in total. The van der Waals surface area contributed by atoms with Crippen molar-refractivity contribution in [1.82, 2.24) is 14.2 Å². The van der Waals surface area contributed by atoms with Crippen molar-refractivity contribution in [2.45, 2.75) is 0 Å². The SMILES string of the molecule is O.O.[O-]n1ccccc1=[Se].[O-]n1ccccc1=[Se].[O-]n1ccccc1=[Se].[Pr+3]. The van der Waals surface area contributed by atoms with Gasteiger partial charge in [-0.15, -0.1) is 0 Å². The van der Waals surface area contributed by atoms with Crippen LogP contribution >= 0.6 is 0 Å². The quantitative estimate of drug-likeness (QED) is 0.304. The Kier molecular flexibility index (Phi) is 20.7. The molecule has 8 nitrogen and oxygen atoms in total. The molecule has 27 heavy (non-hydrogen) atoms. The van der Waals surface area contributed by atoms with Crippen molar-refractivity contribution < 1.29 is 52.2 Å². The minimum Gasteiger partial charge on any atom is 3.00 e. The van der Waals surface area contributed by atoms with E-state index in [0.29, 0.717) is 12.6 Å². The summed E-state index contributed by atoms with van der Waals surface area (Å²) in [5, 5.41) is 31.5. The summed E-state index contributed by atoms with van der Waals surface area (Å²) >= 11 is 7.86. The number of hydrogen-bond acceptors (Lipinski definition) is 3. The van der Waals surface area contributed by atoms with E-state index >= 15 is 0 Å². The summed E-state index contributed by atoms with van der Waals surface area (Å²) in [7, 11) is 0. The van der Waals surface area contributed by atoms with Crippen LogP contribution in [0.4, 0.5) is 0 Å². The van der Waals surface area contributed by atoms with E-state index in [1.807, 2.05) is 0 Å². The van der Waals surface area contributed by atoms with E-state index in [0.717, 1.165) is 14.2 Å². The van der Waals surface area contributed by atoms with Gasteiger partial charge in [0.05, 0.1) is 0 Å². The van der Waals surface area contributed by atoms with Crippen LogP contribution in [0.5, 0.6) is 0 Å². The maximum Gasteiger partial charge on any atom is 3.00 e. The largest absolute Gasteiger partial charge is 3.00 e. The number of pyridine rings is 3. The second-order valence-corrected chi connectivity index (χ2v) is 6.73. The Hall–Kier alpha value is -0.308. The van der Waals surface area contributed by atoms with Gasteiger partial charge in [-0.25, -0.2) is 0 Å². The Bertz CT molecular complexity index is 824. The van der Waals surface area contributed by atoms with Crippen LogP contribution in [0.25, 0.3) is 0 Å². The summed E-state index contributed by atoms with van der Waals surface area (Å²) in [6, 6.07) is 15.6. The maximum atomic E-state index is 10.5. The first-order valence-corrected chi connectivity index (χ1v) is 9.04. The van der Waals surface area contributed by atoms with Gasteiger partial charge in [-0.3, -0.25) is 0 Å². The van der Waals surface area contributed by atoms with E-state index in [4.69, 9.17) is 0 Å². The molecule has 0 aliphatic heterocycles. The standard InChI is InChI=1S/3C5H4NOSe.2H2O.Pr/c3*7-6-4-2-1-3-5(6)8;;;/h3*1-4H;2*1H2;/q3*-1;;;+3. The van der Waals surface area contributed by atoms with Crippen LogP contribution in [0.1, 0.15) is 0 Å². The summed E-state index contributed by atoms with van der Waals surface area (Å²) < 4.78 is 4.15. The number of aromatic nitrogens is 3. The van der Waals surface area contributed by atoms with Crippen molar-refractivity contribution in [2.75, 3.05) is 0 Å². The topological polar surface area (TPSA) is 147 Å². The third-order valence-corrected chi connectivity index (χ3v) is 4.35. The van der Waals surface area contributed by atoms with Gasteiger partial charge in [0.25, 0.3) is 0 Å². The minimum absolute atomic E-state index is 0. The smallest absolute Gasteiger partial charge is 3.00 e. The Balaban J connectivity index is -0.000000303. The Morgan fingerprint density at radius 3 is 0.852 bits per heavy atom. The molecule has 0 bridgehead atoms. The van der Waals surface area contributed by atoms with Crippen molar-refractivity contribution in [3.63, 3.8) is 0 Å². The second kappa shape index (κ2) is 17.8. The summed E-state index contributed by atoms with van der Waals surface area (Å²) in [6.07, 6.45) is 4.35. The first kappa shape index (κ1) is 31.4. The molecular weight excluding hydrogens is 680 g/mol. The zero-order chi connectivity index (χ0) is 17.9. The molecular formula is C15H16N3O5PrSe3. The van der Waals surface area contributed by atoms with Gasteiger partial charge in [0.15, 0.2) is 0 Å². The summed E-state index contributed by atoms with van der Waals surface area (Å²) in [5.41, 5.74) is 0. The van der Waals surface area contributed by atoms with Gasteiger partial charge in [0.2, 0.25) is 0 Å².